The van der Waals surface area contributed by atoms with E-state index in [0.717, 1.165) is 116 Å². The van der Waals surface area contributed by atoms with Crippen LogP contribution in [0.3, 0.4) is 0 Å². The fourth-order valence-corrected chi connectivity index (χ4v) is 7.73. The van der Waals surface area contributed by atoms with Crippen LogP contribution in [0.2, 0.25) is 0 Å². The van der Waals surface area contributed by atoms with Crippen LogP contribution < -0.4 is 0 Å². The van der Waals surface area contributed by atoms with Crippen molar-refractivity contribution in [3.63, 3.8) is 0 Å². The standard InChI is InChI=1S/C49H97NO5/c1-8-11-14-17-20-21-26-34-43-54-47(53)49(6,7)38-31-24-25-32-39-50(41-42-51)40-33-27-30-37-48(4,5)44-55-46(52)45(35-28-22-18-15-12-9-2)36-29-23-19-16-13-10-3/h45,51H,8-44H2,1-7H3. The first-order chi connectivity index (χ1) is 26.5. The summed E-state index contributed by atoms with van der Waals surface area (Å²) in [6, 6.07) is 0. The van der Waals surface area contributed by atoms with E-state index in [1.807, 2.05) is 13.8 Å². The molecule has 0 saturated carbocycles. The number of unbranched alkanes of at least 4 members (excludes halogenated alkanes) is 22. The number of aliphatic hydroxyl groups is 1. The van der Waals surface area contributed by atoms with E-state index < -0.39 is 5.41 Å². The molecule has 0 rings (SSSR count). The molecule has 55 heavy (non-hydrogen) atoms. The molecule has 0 aliphatic rings. The van der Waals surface area contributed by atoms with Crippen molar-refractivity contribution in [1.82, 2.24) is 4.90 Å². The molecule has 1 N–H and O–H groups in total. The first kappa shape index (κ1) is 53.9. The Hall–Kier alpha value is -1.14. The summed E-state index contributed by atoms with van der Waals surface area (Å²) in [5, 5.41) is 9.67. The van der Waals surface area contributed by atoms with E-state index in [9.17, 15) is 14.7 Å². The lowest BCUT2D eigenvalue weighted by molar-refractivity contribution is -0.154. The zero-order valence-electron chi connectivity index (χ0n) is 38.3. The molecule has 0 aromatic carbocycles. The summed E-state index contributed by atoms with van der Waals surface area (Å²) in [5.41, 5.74) is -0.425. The maximum absolute atomic E-state index is 13.3. The third-order valence-electron chi connectivity index (χ3n) is 11.8. The number of esters is 2. The molecule has 328 valence electrons. The zero-order chi connectivity index (χ0) is 40.9. The average Bonchev–Trinajstić information content (AvgIpc) is 3.16. The fourth-order valence-electron chi connectivity index (χ4n) is 7.73. The number of carbonyl (C=O) groups is 2. The maximum atomic E-state index is 13.3. The van der Waals surface area contributed by atoms with Gasteiger partial charge in [0.2, 0.25) is 0 Å². The van der Waals surface area contributed by atoms with Gasteiger partial charge in [-0.1, -0.05) is 189 Å². The second-order valence-corrected chi connectivity index (χ2v) is 18.6. The highest BCUT2D eigenvalue weighted by Crippen LogP contribution is 2.28. The van der Waals surface area contributed by atoms with E-state index in [1.54, 1.807) is 0 Å². The molecule has 6 nitrogen and oxygen atoms in total. The molecule has 0 amide bonds. The van der Waals surface area contributed by atoms with Crippen LogP contribution >= 0.6 is 0 Å². The molecule has 0 aromatic heterocycles. The van der Waals surface area contributed by atoms with E-state index in [4.69, 9.17) is 9.47 Å². The Morgan fingerprint density at radius 3 is 1.44 bits per heavy atom. The smallest absolute Gasteiger partial charge is 0.311 e. The van der Waals surface area contributed by atoms with E-state index in [0.29, 0.717) is 13.2 Å². The van der Waals surface area contributed by atoms with Gasteiger partial charge in [0.05, 0.1) is 31.2 Å². The van der Waals surface area contributed by atoms with Gasteiger partial charge in [-0.15, -0.1) is 0 Å². The lowest BCUT2D eigenvalue weighted by atomic mass is 9.87. The van der Waals surface area contributed by atoms with Crippen LogP contribution in [0.25, 0.3) is 0 Å². The highest BCUT2D eigenvalue weighted by molar-refractivity contribution is 5.75. The Morgan fingerprint density at radius 1 is 0.509 bits per heavy atom. The minimum absolute atomic E-state index is 0.0101. The van der Waals surface area contributed by atoms with Crippen molar-refractivity contribution in [3.8, 4) is 0 Å². The second kappa shape index (κ2) is 37.2. The van der Waals surface area contributed by atoms with Gasteiger partial charge in [-0.25, -0.2) is 0 Å². The molecule has 0 aliphatic carbocycles. The van der Waals surface area contributed by atoms with E-state index in [-0.39, 0.29) is 29.9 Å². The second-order valence-electron chi connectivity index (χ2n) is 18.6. The predicted molar refractivity (Wildman–Crippen MR) is 237 cm³/mol. The van der Waals surface area contributed by atoms with Gasteiger partial charge in [0, 0.05) is 6.54 Å². The molecule has 0 unspecified atom stereocenters. The molecule has 0 saturated heterocycles. The van der Waals surface area contributed by atoms with Crippen molar-refractivity contribution in [1.29, 1.82) is 0 Å². The topological polar surface area (TPSA) is 76.1 Å². The number of rotatable bonds is 42. The lowest BCUT2D eigenvalue weighted by Crippen LogP contribution is -2.29. The fraction of sp³-hybridized carbons (Fsp3) is 0.959. The van der Waals surface area contributed by atoms with Crippen molar-refractivity contribution in [2.24, 2.45) is 16.7 Å². The first-order valence-electron chi connectivity index (χ1n) is 24.2. The molecule has 0 atom stereocenters. The lowest BCUT2D eigenvalue weighted by Gasteiger charge is -2.26. The molecular formula is C49H97NO5. The summed E-state index contributed by atoms with van der Waals surface area (Å²) in [4.78, 5) is 28.4. The summed E-state index contributed by atoms with van der Waals surface area (Å²) in [7, 11) is 0. The van der Waals surface area contributed by atoms with Crippen LogP contribution in [0.5, 0.6) is 0 Å². The molecule has 6 heteroatoms. The van der Waals surface area contributed by atoms with Gasteiger partial charge in [-0.3, -0.25) is 9.59 Å². The number of carbonyl (C=O) groups excluding carboxylic acids is 2. The molecule has 0 fully saturated rings. The largest absolute Gasteiger partial charge is 0.465 e. The van der Waals surface area contributed by atoms with Gasteiger partial charge < -0.3 is 19.5 Å². The molecule has 0 heterocycles. The van der Waals surface area contributed by atoms with Gasteiger partial charge in [-0.2, -0.15) is 0 Å². The third kappa shape index (κ3) is 33.5. The van der Waals surface area contributed by atoms with Crippen LogP contribution in [-0.2, 0) is 19.1 Å². The number of nitrogens with zero attached hydrogens (tertiary/aromatic N) is 1. The molecule has 0 radical (unpaired) electrons. The highest BCUT2D eigenvalue weighted by atomic mass is 16.5. The number of aliphatic hydroxyl groups excluding tert-OH is 1. The van der Waals surface area contributed by atoms with Gasteiger partial charge >= 0.3 is 11.9 Å². The molecule has 0 aliphatic heterocycles. The van der Waals surface area contributed by atoms with E-state index in [1.165, 1.54) is 103 Å². The monoisotopic (exact) mass is 780 g/mol. The molecular weight excluding hydrogens is 683 g/mol. The van der Waals surface area contributed by atoms with Gasteiger partial charge in [0.25, 0.3) is 0 Å². The Kier molecular flexibility index (Phi) is 36.4. The summed E-state index contributed by atoms with van der Waals surface area (Å²) in [6.45, 7) is 19.4. The Morgan fingerprint density at radius 2 is 0.927 bits per heavy atom. The van der Waals surface area contributed by atoms with Gasteiger partial charge in [0.1, 0.15) is 0 Å². The Labute approximate surface area is 343 Å². The van der Waals surface area contributed by atoms with E-state index >= 15 is 0 Å². The Balaban J connectivity index is 4.31. The number of hydrogen-bond donors (Lipinski definition) is 1. The number of hydrogen-bond acceptors (Lipinski definition) is 6. The average molecular weight is 780 g/mol. The minimum atomic E-state index is -0.414. The van der Waals surface area contributed by atoms with Gasteiger partial charge in [0.15, 0.2) is 0 Å². The third-order valence-corrected chi connectivity index (χ3v) is 11.8. The summed E-state index contributed by atoms with van der Waals surface area (Å²) in [5.74, 6) is 0.0705. The van der Waals surface area contributed by atoms with Crippen molar-refractivity contribution in [2.75, 3.05) is 39.5 Å². The molecule has 0 aromatic rings. The summed E-state index contributed by atoms with van der Waals surface area (Å²) < 4.78 is 11.7. The van der Waals surface area contributed by atoms with Crippen molar-refractivity contribution in [2.45, 2.75) is 248 Å². The zero-order valence-corrected chi connectivity index (χ0v) is 38.3. The summed E-state index contributed by atoms with van der Waals surface area (Å²) >= 11 is 0. The first-order valence-corrected chi connectivity index (χ1v) is 24.2. The highest BCUT2D eigenvalue weighted by Gasteiger charge is 2.28. The van der Waals surface area contributed by atoms with E-state index in [2.05, 4.69) is 39.5 Å². The van der Waals surface area contributed by atoms with Crippen molar-refractivity contribution >= 4 is 11.9 Å². The van der Waals surface area contributed by atoms with Crippen LogP contribution in [0.15, 0.2) is 0 Å². The van der Waals surface area contributed by atoms with Crippen molar-refractivity contribution < 1.29 is 24.2 Å². The minimum Gasteiger partial charge on any atom is -0.465 e. The van der Waals surface area contributed by atoms with Crippen LogP contribution in [0.1, 0.15) is 248 Å². The molecule has 0 spiro atoms. The predicted octanol–water partition coefficient (Wildman–Crippen LogP) is 14.2. The Bertz CT molecular complexity index is 842. The van der Waals surface area contributed by atoms with Gasteiger partial charge in [-0.05, 0) is 77.3 Å². The summed E-state index contributed by atoms with van der Waals surface area (Å²) in [6.07, 6.45) is 36.9. The van der Waals surface area contributed by atoms with Crippen molar-refractivity contribution in [3.05, 3.63) is 0 Å². The van der Waals surface area contributed by atoms with Crippen LogP contribution in [-0.4, -0.2) is 61.4 Å². The maximum Gasteiger partial charge on any atom is 0.311 e. The molecule has 0 bridgehead atoms. The normalized spacial score (nSPS) is 12.3. The number of ether oxygens (including phenoxy) is 2. The van der Waals surface area contributed by atoms with Crippen LogP contribution in [0, 0.1) is 16.7 Å². The van der Waals surface area contributed by atoms with Crippen LogP contribution in [0.4, 0.5) is 0 Å². The quantitative estimate of drug-likeness (QED) is 0.0491. The SMILES string of the molecule is CCCCCCCCCCOC(=O)C(C)(C)CCCCCCN(CCO)CCCCCC(C)(C)COC(=O)C(CCCCCCCC)CCCCCCCC.